The predicted octanol–water partition coefficient (Wildman–Crippen LogP) is 3.26. The van der Waals surface area contributed by atoms with Gasteiger partial charge in [0, 0.05) is 42.8 Å². The molecule has 0 N–H and O–H groups in total. The van der Waals surface area contributed by atoms with Gasteiger partial charge in [0.15, 0.2) is 0 Å². The second-order valence-corrected chi connectivity index (χ2v) is 6.87. The molecule has 0 bridgehead atoms. The summed E-state index contributed by atoms with van der Waals surface area (Å²) in [6, 6.07) is 13.1. The van der Waals surface area contributed by atoms with E-state index in [1.165, 1.54) is 11.8 Å². The standard InChI is InChI=1S/C18H19F2N3OS/c19-16(20)13-22-9-11-23(12-10-22)18(24)14-4-6-15(7-5-14)25-17-3-1-2-8-21-17/h1-8,16H,9-13H2. The van der Waals surface area contributed by atoms with Gasteiger partial charge in [-0.15, -0.1) is 0 Å². The van der Waals surface area contributed by atoms with Crippen LogP contribution in [0.3, 0.4) is 0 Å². The number of nitrogens with zero attached hydrogens (tertiary/aromatic N) is 3. The minimum absolute atomic E-state index is 0.0499. The number of hydrogen-bond acceptors (Lipinski definition) is 4. The summed E-state index contributed by atoms with van der Waals surface area (Å²) in [5, 5.41) is 0.900. The molecule has 4 nitrogen and oxygen atoms in total. The Hall–Kier alpha value is -1.99. The Morgan fingerprint density at radius 3 is 2.40 bits per heavy atom. The van der Waals surface area contributed by atoms with E-state index in [4.69, 9.17) is 0 Å². The van der Waals surface area contributed by atoms with Crippen LogP contribution >= 0.6 is 11.8 Å². The van der Waals surface area contributed by atoms with Gasteiger partial charge in [-0.3, -0.25) is 9.69 Å². The van der Waals surface area contributed by atoms with Crippen LogP contribution in [0.1, 0.15) is 10.4 Å². The third-order valence-electron chi connectivity index (χ3n) is 4.02. The van der Waals surface area contributed by atoms with E-state index in [0.717, 1.165) is 9.92 Å². The van der Waals surface area contributed by atoms with Crippen molar-refractivity contribution in [2.75, 3.05) is 32.7 Å². The zero-order chi connectivity index (χ0) is 17.6. The summed E-state index contributed by atoms with van der Waals surface area (Å²) < 4.78 is 24.8. The maximum absolute atomic E-state index is 12.5. The highest BCUT2D eigenvalue weighted by atomic mass is 32.2. The number of hydrogen-bond donors (Lipinski definition) is 0. The molecule has 0 radical (unpaired) electrons. The molecule has 1 aliphatic heterocycles. The molecule has 0 unspecified atom stereocenters. The van der Waals surface area contributed by atoms with Gasteiger partial charge < -0.3 is 4.90 Å². The molecule has 1 amide bonds. The first-order valence-electron chi connectivity index (χ1n) is 8.10. The topological polar surface area (TPSA) is 36.4 Å². The molecule has 3 rings (SSSR count). The van der Waals surface area contributed by atoms with E-state index < -0.39 is 6.43 Å². The number of carbonyl (C=O) groups is 1. The molecule has 1 saturated heterocycles. The first kappa shape index (κ1) is 17.8. The number of piperazine rings is 1. The monoisotopic (exact) mass is 363 g/mol. The maximum Gasteiger partial charge on any atom is 0.253 e. The third-order valence-corrected chi connectivity index (χ3v) is 4.98. The average Bonchev–Trinajstić information content (AvgIpc) is 2.63. The Bertz CT molecular complexity index is 689. The van der Waals surface area contributed by atoms with Crippen LogP contribution in [-0.2, 0) is 0 Å². The van der Waals surface area contributed by atoms with Crippen molar-refractivity contribution in [3.8, 4) is 0 Å². The Labute approximate surface area is 149 Å². The molecule has 0 saturated carbocycles. The van der Waals surface area contributed by atoms with Gasteiger partial charge in [0.2, 0.25) is 0 Å². The van der Waals surface area contributed by atoms with Gasteiger partial charge in [-0.25, -0.2) is 13.8 Å². The van der Waals surface area contributed by atoms with Crippen molar-refractivity contribution in [3.63, 3.8) is 0 Å². The molecule has 2 heterocycles. The zero-order valence-electron chi connectivity index (χ0n) is 13.6. The fourth-order valence-corrected chi connectivity index (χ4v) is 3.48. The van der Waals surface area contributed by atoms with E-state index in [9.17, 15) is 13.6 Å². The maximum atomic E-state index is 12.5. The summed E-state index contributed by atoms with van der Waals surface area (Å²) in [5.41, 5.74) is 0.618. The molecular weight excluding hydrogens is 344 g/mol. The molecule has 7 heteroatoms. The fourth-order valence-electron chi connectivity index (χ4n) is 2.71. The van der Waals surface area contributed by atoms with Gasteiger partial charge in [0.25, 0.3) is 12.3 Å². The molecule has 1 aliphatic rings. The second kappa shape index (κ2) is 8.40. The van der Waals surface area contributed by atoms with Crippen molar-refractivity contribution >= 4 is 17.7 Å². The van der Waals surface area contributed by atoms with Crippen molar-refractivity contribution < 1.29 is 13.6 Å². The molecule has 1 aromatic heterocycles. The lowest BCUT2D eigenvalue weighted by atomic mass is 10.2. The van der Waals surface area contributed by atoms with E-state index in [1.54, 1.807) is 28.1 Å². The number of rotatable bonds is 5. The highest BCUT2D eigenvalue weighted by molar-refractivity contribution is 7.99. The highest BCUT2D eigenvalue weighted by Crippen LogP contribution is 2.26. The second-order valence-electron chi connectivity index (χ2n) is 5.78. The van der Waals surface area contributed by atoms with Gasteiger partial charge in [-0.05, 0) is 36.4 Å². The van der Waals surface area contributed by atoms with Crippen molar-refractivity contribution in [2.45, 2.75) is 16.3 Å². The SMILES string of the molecule is O=C(c1ccc(Sc2ccccn2)cc1)N1CCN(CC(F)F)CC1. The molecular formula is C18H19F2N3OS. The Kier molecular flexibility index (Phi) is 5.99. The summed E-state index contributed by atoms with van der Waals surface area (Å²) in [5.74, 6) is -0.0499. The fraction of sp³-hybridized carbons (Fsp3) is 0.333. The number of aromatic nitrogens is 1. The van der Waals surface area contributed by atoms with Crippen LogP contribution < -0.4 is 0 Å². The largest absolute Gasteiger partial charge is 0.336 e. The van der Waals surface area contributed by atoms with Crippen molar-refractivity contribution in [1.82, 2.24) is 14.8 Å². The van der Waals surface area contributed by atoms with E-state index in [-0.39, 0.29) is 12.5 Å². The van der Waals surface area contributed by atoms with Crippen LogP contribution in [0.5, 0.6) is 0 Å². The summed E-state index contributed by atoms with van der Waals surface area (Å²) in [6.07, 6.45) is -0.583. The quantitative estimate of drug-likeness (QED) is 0.817. The van der Waals surface area contributed by atoms with Crippen LogP contribution in [0.15, 0.2) is 58.6 Å². The van der Waals surface area contributed by atoms with E-state index in [1.807, 2.05) is 30.3 Å². The van der Waals surface area contributed by atoms with Crippen molar-refractivity contribution in [2.24, 2.45) is 0 Å². The Morgan fingerprint density at radius 2 is 1.80 bits per heavy atom. The zero-order valence-corrected chi connectivity index (χ0v) is 14.5. The summed E-state index contributed by atoms with van der Waals surface area (Å²) >= 11 is 1.54. The molecule has 2 aromatic rings. The van der Waals surface area contributed by atoms with Crippen LogP contribution in [0.25, 0.3) is 0 Å². The van der Waals surface area contributed by atoms with Crippen LogP contribution in [0.4, 0.5) is 8.78 Å². The Morgan fingerprint density at radius 1 is 1.08 bits per heavy atom. The predicted molar refractivity (Wildman–Crippen MR) is 93.1 cm³/mol. The molecule has 25 heavy (non-hydrogen) atoms. The van der Waals surface area contributed by atoms with Crippen molar-refractivity contribution in [1.29, 1.82) is 0 Å². The van der Waals surface area contributed by atoms with E-state index in [0.29, 0.717) is 31.7 Å². The normalized spacial score (nSPS) is 15.6. The van der Waals surface area contributed by atoms with Gasteiger partial charge in [-0.1, -0.05) is 17.8 Å². The number of alkyl halides is 2. The van der Waals surface area contributed by atoms with Crippen LogP contribution in [0, 0.1) is 0 Å². The molecule has 0 spiro atoms. The number of amides is 1. The lowest BCUT2D eigenvalue weighted by Gasteiger charge is -2.34. The minimum Gasteiger partial charge on any atom is -0.336 e. The summed E-state index contributed by atoms with van der Waals surface area (Å²) in [6.45, 7) is 1.72. The smallest absolute Gasteiger partial charge is 0.253 e. The molecule has 0 aliphatic carbocycles. The number of carbonyl (C=O) groups excluding carboxylic acids is 1. The van der Waals surface area contributed by atoms with Gasteiger partial charge >= 0.3 is 0 Å². The van der Waals surface area contributed by atoms with Crippen LogP contribution in [-0.4, -0.2) is 59.8 Å². The summed E-state index contributed by atoms with van der Waals surface area (Å²) in [7, 11) is 0. The van der Waals surface area contributed by atoms with Crippen molar-refractivity contribution in [3.05, 3.63) is 54.2 Å². The first-order chi connectivity index (χ1) is 12.1. The number of halogens is 2. The van der Waals surface area contributed by atoms with E-state index >= 15 is 0 Å². The number of benzene rings is 1. The van der Waals surface area contributed by atoms with Gasteiger partial charge in [0.1, 0.15) is 5.03 Å². The van der Waals surface area contributed by atoms with Gasteiger partial charge in [-0.2, -0.15) is 0 Å². The Balaban J connectivity index is 1.56. The average molecular weight is 363 g/mol. The lowest BCUT2D eigenvalue weighted by Crippen LogP contribution is -2.49. The first-order valence-corrected chi connectivity index (χ1v) is 8.92. The van der Waals surface area contributed by atoms with Crippen LogP contribution in [0.2, 0.25) is 0 Å². The summed E-state index contributed by atoms with van der Waals surface area (Å²) in [4.78, 5) is 21.2. The third kappa shape index (κ3) is 4.99. The molecule has 1 fully saturated rings. The van der Waals surface area contributed by atoms with E-state index in [2.05, 4.69) is 4.98 Å². The molecule has 0 atom stereocenters. The number of pyridine rings is 1. The molecule has 1 aromatic carbocycles. The molecule has 132 valence electrons. The minimum atomic E-state index is -2.33. The lowest BCUT2D eigenvalue weighted by molar-refractivity contribution is 0.0459. The highest BCUT2D eigenvalue weighted by Gasteiger charge is 2.23. The van der Waals surface area contributed by atoms with Gasteiger partial charge in [0.05, 0.1) is 6.54 Å².